The largest absolute Gasteiger partial charge is 0.495 e. The van der Waals surface area contributed by atoms with Crippen LogP contribution < -0.4 is 14.2 Å². The molecule has 4 nitrogen and oxygen atoms in total. The molecule has 4 heteroatoms. The Bertz CT molecular complexity index is 623. The molecule has 0 atom stereocenters. The van der Waals surface area contributed by atoms with Crippen molar-refractivity contribution in [1.82, 2.24) is 4.98 Å². The number of ether oxygens (including phenoxy) is 3. The van der Waals surface area contributed by atoms with E-state index in [9.17, 15) is 0 Å². The quantitative estimate of drug-likeness (QED) is 0.845. The summed E-state index contributed by atoms with van der Waals surface area (Å²) in [7, 11) is 1.63. The van der Waals surface area contributed by atoms with Crippen molar-refractivity contribution >= 4 is 12.2 Å². The Balaban J connectivity index is 1.82. The molecule has 96 valence electrons. The van der Waals surface area contributed by atoms with Crippen molar-refractivity contribution in [2.45, 2.75) is 0 Å². The van der Waals surface area contributed by atoms with Crippen LogP contribution in [0.4, 0.5) is 0 Å². The highest BCUT2D eigenvalue weighted by molar-refractivity contribution is 5.71. The fraction of sp³-hybridized carbons (Fsp3) is 0.133. The van der Waals surface area contributed by atoms with Crippen molar-refractivity contribution in [2.75, 3.05) is 13.9 Å². The molecule has 2 heterocycles. The van der Waals surface area contributed by atoms with E-state index in [0.717, 1.165) is 28.4 Å². The molecule has 0 aliphatic carbocycles. The smallest absolute Gasteiger partial charge is 0.231 e. The lowest BCUT2D eigenvalue weighted by molar-refractivity contribution is 0.174. The molecular formula is C15H13NO3. The zero-order chi connectivity index (χ0) is 13.1. The third kappa shape index (κ3) is 2.52. The van der Waals surface area contributed by atoms with Crippen LogP contribution >= 0.6 is 0 Å². The van der Waals surface area contributed by atoms with Gasteiger partial charge in [0.05, 0.1) is 13.3 Å². The molecule has 0 amide bonds. The Morgan fingerprint density at radius 3 is 2.79 bits per heavy atom. The van der Waals surface area contributed by atoms with E-state index in [1.165, 1.54) is 0 Å². The van der Waals surface area contributed by atoms with Crippen molar-refractivity contribution in [3.63, 3.8) is 0 Å². The van der Waals surface area contributed by atoms with Gasteiger partial charge in [-0.25, -0.2) is 0 Å². The minimum Gasteiger partial charge on any atom is -0.495 e. The molecule has 1 aromatic heterocycles. The molecule has 0 bridgehead atoms. The Kier molecular flexibility index (Phi) is 3.06. The van der Waals surface area contributed by atoms with E-state index in [4.69, 9.17) is 14.2 Å². The predicted molar refractivity (Wildman–Crippen MR) is 72.3 cm³/mol. The Morgan fingerprint density at radius 1 is 1.05 bits per heavy atom. The molecule has 0 radical (unpaired) electrons. The molecule has 2 aromatic rings. The first kappa shape index (κ1) is 11.6. The summed E-state index contributed by atoms with van der Waals surface area (Å²) in [5.41, 5.74) is 2.03. The standard InChI is InChI=1S/C15H13NO3/c1-17-13-6-12(8-16-9-13)3-2-11-4-5-14-15(7-11)19-10-18-14/h2-9H,10H2,1H3/b3-2+. The average Bonchev–Trinajstić information content (AvgIpc) is 2.93. The van der Waals surface area contributed by atoms with Crippen molar-refractivity contribution in [2.24, 2.45) is 0 Å². The molecule has 1 aliphatic rings. The number of fused-ring (bicyclic) bond motifs is 1. The Labute approximate surface area is 111 Å². The van der Waals surface area contributed by atoms with Gasteiger partial charge in [-0.1, -0.05) is 18.2 Å². The average molecular weight is 255 g/mol. The van der Waals surface area contributed by atoms with Crippen LogP contribution in [0.3, 0.4) is 0 Å². The van der Waals surface area contributed by atoms with Crippen LogP contribution in [0.5, 0.6) is 17.2 Å². The van der Waals surface area contributed by atoms with Crippen LogP contribution in [0.1, 0.15) is 11.1 Å². The molecular weight excluding hydrogens is 242 g/mol. The molecule has 19 heavy (non-hydrogen) atoms. The van der Waals surface area contributed by atoms with Gasteiger partial charge in [-0.2, -0.15) is 0 Å². The summed E-state index contributed by atoms with van der Waals surface area (Å²) in [6.07, 6.45) is 7.44. The van der Waals surface area contributed by atoms with Gasteiger partial charge in [-0.05, 0) is 29.3 Å². The van der Waals surface area contributed by atoms with Crippen LogP contribution in [0.15, 0.2) is 36.7 Å². The van der Waals surface area contributed by atoms with E-state index in [1.54, 1.807) is 19.5 Å². The van der Waals surface area contributed by atoms with Crippen LogP contribution in [0.25, 0.3) is 12.2 Å². The molecule has 0 N–H and O–H groups in total. The second-order valence-corrected chi connectivity index (χ2v) is 4.10. The van der Waals surface area contributed by atoms with Crippen LogP contribution in [0, 0.1) is 0 Å². The first-order chi connectivity index (χ1) is 9.35. The fourth-order valence-corrected chi connectivity index (χ4v) is 1.85. The van der Waals surface area contributed by atoms with E-state index in [1.807, 2.05) is 36.4 Å². The van der Waals surface area contributed by atoms with Crippen LogP contribution in [-0.4, -0.2) is 18.9 Å². The summed E-state index contributed by atoms with van der Waals surface area (Å²) in [4.78, 5) is 4.10. The summed E-state index contributed by atoms with van der Waals surface area (Å²) in [5, 5.41) is 0. The highest BCUT2D eigenvalue weighted by Gasteiger charge is 2.12. The summed E-state index contributed by atoms with van der Waals surface area (Å²) in [6.45, 7) is 0.294. The van der Waals surface area contributed by atoms with E-state index in [2.05, 4.69) is 4.98 Å². The molecule has 0 spiro atoms. The zero-order valence-corrected chi connectivity index (χ0v) is 10.5. The topological polar surface area (TPSA) is 40.6 Å². The zero-order valence-electron chi connectivity index (χ0n) is 10.5. The second kappa shape index (κ2) is 5.02. The molecule has 3 rings (SSSR count). The summed E-state index contributed by atoms with van der Waals surface area (Å²) in [5.74, 6) is 2.32. The SMILES string of the molecule is COc1cncc(/C=C/c2ccc3c(c2)OCO3)c1. The normalized spacial score (nSPS) is 12.9. The summed E-state index contributed by atoms with van der Waals surface area (Å²) in [6, 6.07) is 7.77. The number of rotatable bonds is 3. The van der Waals surface area contributed by atoms with Crippen molar-refractivity contribution in [1.29, 1.82) is 0 Å². The minimum atomic E-state index is 0.294. The highest BCUT2D eigenvalue weighted by Crippen LogP contribution is 2.32. The molecule has 1 aliphatic heterocycles. The maximum atomic E-state index is 5.34. The van der Waals surface area contributed by atoms with Gasteiger partial charge in [-0.3, -0.25) is 4.98 Å². The van der Waals surface area contributed by atoms with E-state index < -0.39 is 0 Å². The lowest BCUT2D eigenvalue weighted by Gasteiger charge is -2.00. The van der Waals surface area contributed by atoms with Crippen molar-refractivity contribution < 1.29 is 14.2 Å². The van der Waals surface area contributed by atoms with Gasteiger partial charge in [0, 0.05) is 6.20 Å². The third-order valence-electron chi connectivity index (χ3n) is 2.83. The molecule has 1 aromatic carbocycles. The predicted octanol–water partition coefficient (Wildman–Crippen LogP) is 2.99. The molecule has 0 fully saturated rings. The number of methoxy groups -OCH3 is 1. The first-order valence-corrected chi connectivity index (χ1v) is 5.92. The van der Waals surface area contributed by atoms with Gasteiger partial charge in [0.1, 0.15) is 5.75 Å². The van der Waals surface area contributed by atoms with E-state index >= 15 is 0 Å². The Hall–Kier alpha value is -2.49. The maximum absolute atomic E-state index is 5.34. The van der Waals surface area contributed by atoms with Gasteiger partial charge in [0.15, 0.2) is 11.5 Å². The number of aromatic nitrogens is 1. The maximum Gasteiger partial charge on any atom is 0.231 e. The molecule has 0 saturated heterocycles. The van der Waals surface area contributed by atoms with Crippen LogP contribution in [-0.2, 0) is 0 Å². The number of hydrogen-bond acceptors (Lipinski definition) is 4. The van der Waals surface area contributed by atoms with E-state index in [0.29, 0.717) is 6.79 Å². The summed E-state index contributed by atoms with van der Waals surface area (Å²) < 4.78 is 15.7. The third-order valence-corrected chi connectivity index (χ3v) is 2.83. The number of hydrogen-bond donors (Lipinski definition) is 0. The first-order valence-electron chi connectivity index (χ1n) is 5.92. The van der Waals surface area contributed by atoms with Crippen molar-refractivity contribution in [3.05, 3.63) is 47.8 Å². The van der Waals surface area contributed by atoms with Gasteiger partial charge in [0.2, 0.25) is 6.79 Å². The number of pyridine rings is 1. The van der Waals surface area contributed by atoms with Gasteiger partial charge in [-0.15, -0.1) is 0 Å². The van der Waals surface area contributed by atoms with Gasteiger partial charge in [0.25, 0.3) is 0 Å². The molecule has 0 unspecified atom stereocenters. The van der Waals surface area contributed by atoms with Gasteiger partial charge < -0.3 is 14.2 Å². The summed E-state index contributed by atoms with van der Waals surface area (Å²) >= 11 is 0. The fourth-order valence-electron chi connectivity index (χ4n) is 1.85. The second-order valence-electron chi connectivity index (χ2n) is 4.10. The van der Waals surface area contributed by atoms with Crippen LogP contribution in [0.2, 0.25) is 0 Å². The lowest BCUT2D eigenvalue weighted by Crippen LogP contribution is -1.92. The molecule has 0 saturated carbocycles. The van der Waals surface area contributed by atoms with E-state index in [-0.39, 0.29) is 0 Å². The Morgan fingerprint density at radius 2 is 1.89 bits per heavy atom. The van der Waals surface area contributed by atoms with Crippen molar-refractivity contribution in [3.8, 4) is 17.2 Å². The highest BCUT2D eigenvalue weighted by atomic mass is 16.7. The minimum absolute atomic E-state index is 0.294. The number of benzene rings is 1. The monoisotopic (exact) mass is 255 g/mol. The number of nitrogens with zero attached hydrogens (tertiary/aromatic N) is 1. The van der Waals surface area contributed by atoms with Gasteiger partial charge >= 0.3 is 0 Å². The lowest BCUT2D eigenvalue weighted by atomic mass is 10.1.